The molecule has 1 aromatic carbocycles. The van der Waals surface area contributed by atoms with Gasteiger partial charge >= 0.3 is 0 Å². The second kappa shape index (κ2) is 5.05. The van der Waals surface area contributed by atoms with Gasteiger partial charge in [-0.05, 0) is 42.5 Å². The van der Waals surface area contributed by atoms with Gasteiger partial charge in [-0.1, -0.05) is 17.7 Å². The molecular weight excluding hydrogens is 260 g/mol. The number of halogens is 1. The SMILES string of the molecule is CNc1ncc(Cl)c(Nc2ccc3c(c2)CCC3)n1. The van der Waals surface area contributed by atoms with Crippen molar-refractivity contribution in [1.82, 2.24) is 9.97 Å². The molecule has 0 atom stereocenters. The molecule has 5 heteroatoms. The van der Waals surface area contributed by atoms with Gasteiger partial charge in [0.2, 0.25) is 5.95 Å². The summed E-state index contributed by atoms with van der Waals surface area (Å²) in [5.74, 6) is 1.17. The quantitative estimate of drug-likeness (QED) is 0.901. The zero-order valence-electron chi connectivity index (χ0n) is 10.7. The predicted octanol–water partition coefficient (Wildman–Crippen LogP) is 3.40. The number of hydrogen-bond donors (Lipinski definition) is 2. The Morgan fingerprint density at radius 1 is 1.21 bits per heavy atom. The van der Waals surface area contributed by atoms with E-state index in [1.807, 2.05) is 0 Å². The predicted molar refractivity (Wildman–Crippen MR) is 78.3 cm³/mol. The third-order valence-electron chi connectivity index (χ3n) is 3.33. The summed E-state index contributed by atoms with van der Waals surface area (Å²) in [6.07, 6.45) is 5.19. The smallest absolute Gasteiger partial charge is 0.224 e. The lowest BCUT2D eigenvalue weighted by molar-refractivity contribution is 0.912. The van der Waals surface area contributed by atoms with Crippen molar-refractivity contribution < 1.29 is 0 Å². The first kappa shape index (κ1) is 12.2. The van der Waals surface area contributed by atoms with E-state index < -0.39 is 0 Å². The summed E-state index contributed by atoms with van der Waals surface area (Å²) in [7, 11) is 1.78. The first-order valence-corrected chi connectivity index (χ1v) is 6.73. The number of fused-ring (bicyclic) bond motifs is 1. The van der Waals surface area contributed by atoms with E-state index in [4.69, 9.17) is 11.6 Å². The molecule has 1 heterocycles. The number of nitrogens with one attached hydrogen (secondary N) is 2. The lowest BCUT2D eigenvalue weighted by Gasteiger charge is -2.10. The summed E-state index contributed by atoms with van der Waals surface area (Å²) in [4.78, 5) is 8.38. The van der Waals surface area contributed by atoms with Gasteiger partial charge in [0, 0.05) is 12.7 Å². The van der Waals surface area contributed by atoms with Crippen LogP contribution in [0.15, 0.2) is 24.4 Å². The summed E-state index contributed by atoms with van der Waals surface area (Å²) in [5, 5.41) is 6.67. The van der Waals surface area contributed by atoms with Gasteiger partial charge in [-0.2, -0.15) is 4.98 Å². The highest BCUT2D eigenvalue weighted by Gasteiger charge is 2.12. The van der Waals surface area contributed by atoms with Crippen molar-refractivity contribution in [2.24, 2.45) is 0 Å². The van der Waals surface area contributed by atoms with Crippen molar-refractivity contribution in [3.05, 3.63) is 40.5 Å². The van der Waals surface area contributed by atoms with Gasteiger partial charge in [-0.25, -0.2) is 4.98 Å². The minimum absolute atomic E-state index is 0.513. The fraction of sp³-hybridized carbons (Fsp3) is 0.286. The van der Waals surface area contributed by atoms with Crippen LogP contribution >= 0.6 is 11.6 Å². The highest BCUT2D eigenvalue weighted by atomic mass is 35.5. The van der Waals surface area contributed by atoms with Gasteiger partial charge in [-0.3, -0.25) is 0 Å². The molecule has 0 fully saturated rings. The van der Waals surface area contributed by atoms with Crippen LogP contribution in [0.5, 0.6) is 0 Å². The standard InChI is InChI=1S/C14H15ClN4/c1-16-14-17-8-12(15)13(19-14)18-11-6-5-9-3-2-4-10(9)7-11/h5-8H,2-4H2,1H3,(H2,16,17,18,19). The van der Waals surface area contributed by atoms with Crippen molar-refractivity contribution in [2.45, 2.75) is 19.3 Å². The molecule has 0 unspecified atom stereocenters. The van der Waals surface area contributed by atoms with E-state index in [9.17, 15) is 0 Å². The molecule has 3 rings (SSSR count). The number of rotatable bonds is 3. The molecule has 2 aromatic rings. The van der Waals surface area contributed by atoms with E-state index in [1.165, 1.54) is 24.0 Å². The maximum atomic E-state index is 6.11. The second-order valence-electron chi connectivity index (χ2n) is 4.60. The molecule has 19 heavy (non-hydrogen) atoms. The molecule has 0 saturated heterocycles. The highest BCUT2D eigenvalue weighted by molar-refractivity contribution is 6.32. The normalized spacial score (nSPS) is 13.2. The Hall–Kier alpha value is -1.81. The average Bonchev–Trinajstić information content (AvgIpc) is 2.89. The van der Waals surface area contributed by atoms with E-state index in [1.54, 1.807) is 13.2 Å². The zero-order valence-corrected chi connectivity index (χ0v) is 11.5. The van der Waals surface area contributed by atoms with Gasteiger partial charge in [0.1, 0.15) is 5.02 Å². The van der Waals surface area contributed by atoms with Crippen molar-refractivity contribution in [3.63, 3.8) is 0 Å². The maximum absolute atomic E-state index is 6.11. The lowest BCUT2D eigenvalue weighted by Crippen LogP contribution is -2.01. The van der Waals surface area contributed by atoms with Crippen LogP contribution in [0.1, 0.15) is 17.5 Å². The fourth-order valence-electron chi connectivity index (χ4n) is 2.36. The van der Waals surface area contributed by atoms with E-state index in [2.05, 4.69) is 38.8 Å². The molecule has 1 aliphatic carbocycles. The summed E-state index contributed by atoms with van der Waals surface area (Å²) in [5.41, 5.74) is 3.89. The molecule has 0 radical (unpaired) electrons. The Balaban J connectivity index is 1.88. The second-order valence-corrected chi connectivity index (χ2v) is 5.01. The van der Waals surface area contributed by atoms with Gasteiger partial charge in [0.15, 0.2) is 5.82 Å². The summed E-state index contributed by atoms with van der Waals surface area (Å²) in [6.45, 7) is 0. The van der Waals surface area contributed by atoms with E-state index in [0.29, 0.717) is 16.8 Å². The molecule has 0 aliphatic heterocycles. The molecule has 0 bridgehead atoms. The molecule has 1 aromatic heterocycles. The molecule has 1 aliphatic rings. The average molecular weight is 275 g/mol. The van der Waals surface area contributed by atoms with Crippen molar-refractivity contribution in [1.29, 1.82) is 0 Å². The van der Waals surface area contributed by atoms with Crippen LogP contribution in [0.3, 0.4) is 0 Å². The van der Waals surface area contributed by atoms with Gasteiger partial charge in [-0.15, -0.1) is 0 Å². The van der Waals surface area contributed by atoms with Crippen molar-refractivity contribution in [2.75, 3.05) is 17.7 Å². The number of benzene rings is 1. The van der Waals surface area contributed by atoms with E-state index in [-0.39, 0.29) is 0 Å². The minimum atomic E-state index is 0.513. The minimum Gasteiger partial charge on any atom is -0.357 e. The van der Waals surface area contributed by atoms with Crippen molar-refractivity contribution >= 4 is 29.1 Å². The Labute approximate surface area is 117 Å². The largest absolute Gasteiger partial charge is 0.357 e. The third-order valence-corrected chi connectivity index (χ3v) is 3.61. The Morgan fingerprint density at radius 3 is 2.89 bits per heavy atom. The van der Waals surface area contributed by atoms with Gasteiger partial charge < -0.3 is 10.6 Å². The van der Waals surface area contributed by atoms with E-state index in [0.717, 1.165) is 12.1 Å². The molecule has 2 N–H and O–H groups in total. The Kier molecular flexibility index (Phi) is 3.25. The number of hydrogen-bond acceptors (Lipinski definition) is 4. The molecular formula is C14H15ClN4. The van der Waals surface area contributed by atoms with Crippen LogP contribution in [0, 0.1) is 0 Å². The molecule has 98 valence electrons. The third kappa shape index (κ3) is 2.49. The number of nitrogens with zero attached hydrogens (tertiary/aromatic N) is 2. The molecule has 0 amide bonds. The number of aromatic nitrogens is 2. The zero-order chi connectivity index (χ0) is 13.2. The first-order valence-electron chi connectivity index (χ1n) is 6.35. The number of aryl methyl sites for hydroxylation is 2. The monoisotopic (exact) mass is 274 g/mol. The van der Waals surface area contributed by atoms with Gasteiger partial charge in [0.25, 0.3) is 0 Å². The Morgan fingerprint density at radius 2 is 2.05 bits per heavy atom. The highest BCUT2D eigenvalue weighted by Crippen LogP contribution is 2.28. The number of anilines is 3. The van der Waals surface area contributed by atoms with Crippen LogP contribution < -0.4 is 10.6 Å². The van der Waals surface area contributed by atoms with Crippen LogP contribution in [0.4, 0.5) is 17.5 Å². The van der Waals surface area contributed by atoms with Crippen LogP contribution in [0.25, 0.3) is 0 Å². The topological polar surface area (TPSA) is 49.8 Å². The maximum Gasteiger partial charge on any atom is 0.224 e. The summed E-state index contributed by atoms with van der Waals surface area (Å²) < 4.78 is 0. The lowest BCUT2D eigenvalue weighted by atomic mass is 10.1. The van der Waals surface area contributed by atoms with Crippen LogP contribution in [-0.4, -0.2) is 17.0 Å². The molecule has 4 nitrogen and oxygen atoms in total. The van der Waals surface area contributed by atoms with Gasteiger partial charge in [0.05, 0.1) is 6.20 Å². The van der Waals surface area contributed by atoms with Crippen LogP contribution in [0.2, 0.25) is 5.02 Å². The van der Waals surface area contributed by atoms with Crippen molar-refractivity contribution in [3.8, 4) is 0 Å². The summed E-state index contributed by atoms with van der Waals surface area (Å²) >= 11 is 6.11. The van der Waals surface area contributed by atoms with Crippen LogP contribution in [-0.2, 0) is 12.8 Å². The van der Waals surface area contributed by atoms with E-state index >= 15 is 0 Å². The molecule has 0 spiro atoms. The summed E-state index contributed by atoms with van der Waals surface area (Å²) in [6, 6.07) is 6.43. The Bertz CT molecular complexity index is 612. The fourth-order valence-corrected chi connectivity index (χ4v) is 2.50. The molecule has 0 saturated carbocycles. The first-order chi connectivity index (χ1) is 9.26.